The molecule has 0 aliphatic heterocycles. The molecule has 0 fully saturated rings. The molecule has 158 valence electrons. The fourth-order valence-electron chi connectivity index (χ4n) is 2.99. The summed E-state index contributed by atoms with van der Waals surface area (Å²) < 4.78 is 13.3. The Morgan fingerprint density at radius 2 is 1.87 bits per heavy atom. The van der Waals surface area contributed by atoms with Gasteiger partial charge in [0.1, 0.15) is 12.3 Å². The third-order valence-electron chi connectivity index (χ3n) is 4.56. The molecule has 0 aliphatic rings. The van der Waals surface area contributed by atoms with Crippen LogP contribution < -0.4 is 9.54 Å². The van der Waals surface area contributed by atoms with Gasteiger partial charge < -0.3 is 14.0 Å². The number of ether oxygens (including phenoxy) is 2. The molecule has 0 spiro atoms. The van der Waals surface area contributed by atoms with Crippen molar-refractivity contribution in [2.75, 3.05) is 13.2 Å². The van der Waals surface area contributed by atoms with Crippen molar-refractivity contribution >= 4 is 33.4 Å². The van der Waals surface area contributed by atoms with Gasteiger partial charge in [-0.3, -0.25) is 9.59 Å². The van der Waals surface area contributed by atoms with Crippen LogP contribution in [0.1, 0.15) is 37.8 Å². The Morgan fingerprint density at radius 3 is 2.53 bits per heavy atom. The van der Waals surface area contributed by atoms with Crippen LogP contribution in [-0.2, 0) is 20.9 Å². The lowest BCUT2D eigenvalue weighted by atomic mass is 10.0. The summed E-state index contributed by atoms with van der Waals surface area (Å²) >= 11 is 1.37. The average Bonchev–Trinajstić information content (AvgIpc) is 3.02. The lowest BCUT2D eigenvalue weighted by molar-refractivity contribution is -0.143. The molecule has 2 aromatic carbocycles. The van der Waals surface area contributed by atoms with E-state index in [1.807, 2.05) is 49.4 Å². The van der Waals surface area contributed by atoms with Crippen molar-refractivity contribution in [2.45, 2.75) is 40.2 Å². The van der Waals surface area contributed by atoms with Crippen molar-refractivity contribution < 1.29 is 19.1 Å². The van der Waals surface area contributed by atoms with Crippen LogP contribution in [0.2, 0.25) is 0 Å². The van der Waals surface area contributed by atoms with E-state index in [4.69, 9.17) is 9.47 Å². The highest BCUT2D eigenvalue weighted by Crippen LogP contribution is 2.20. The third-order valence-corrected chi connectivity index (χ3v) is 5.60. The predicted molar refractivity (Wildman–Crippen MR) is 118 cm³/mol. The molecule has 0 unspecified atom stereocenters. The highest BCUT2D eigenvalue weighted by molar-refractivity contribution is 7.16. The van der Waals surface area contributed by atoms with E-state index in [2.05, 4.69) is 18.8 Å². The smallest absolute Gasteiger partial charge is 0.326 e. The number of nitrogens with zero attached hydrogens (tertiary/aromatic N) is 2. The van der Waals surface area contributed by atoms with E-state index in [0.717, 1.165) is 15.8 Å². The Balaban J connectivity index is 1.82. The number of hydrogen-bond acceptors (Lipinski definition) is 5. The molecule has 1 amide bonds. The summed E-state index contributed by atoms with van der Waals surface area (Å²) in [5.74, 6) is 0.272. The molecule has 0 N–H and O–H groups in total. The van der Waals surface area contributed by atoms with Gasteiger partial charge in [-0.15, -0.1) is 0 Å². The summed E-state index contributed by atoms with van der Waals surface area (Å²) in [6.07, 6.45) is 0. The molecular weight excluding hydrogens is 400 g/mol. The zero-order valence-corrected chi connectivity index (χ0v) is 18.5. The maximum atomic E-state index is 12.5. The average molecular weight is 427 g/mol. The molecule has 1 aromatic heterocycles. The van der Waals surface area contributed by atoms with Crippen LogP contribution >= 0.6 is 11.3 Å². The van der Waals surface area contributed by atoms with Crippen LogP contribution in [0, 0.1) is 6.92 Å². The fourth-order valence-corrected chi connectivity index (χ4v) is 4.13. The molecule has 0 atom stereocenters. The van der Waals surface area contributed by atoms with Crippen molar-refractivity contribution in [2.24, 2.45) is 4.99 Å². The molecule has 30 heavy (non-hydrogen) atoms. The zero-order chi connectivity index (χ0) is 21.7. The first-order chi connectivity index (χ1) is 14.4. The number of fused-ring (bicyclic) bond motifs is 1. The lowest BCUT2D eigenvalue weighted by Crippen LogP contribution is -2.24. The van der Waals surface area contributed by atoms with E-state index in [1.54, 1.807) is 11.5 Å². The van der Waals surface area contributed by atoms with E-state index in [0.29, 0.717) is 23.1 Å². The maximum absolute atomic E-state index is 12.5. The lowest BCUT2D eigenvalue weighted by Gasteiger charge is -2.07. The molecule has 3 rings (SSSR count). The van der Waals surface area contributed by atoms with Crippen LogP contribution in [0.25, 0.3) is 10.2 Å². The van der Waals surface area contributed by atoms with E-state index in [9.17, 15) is 9.59 Å². The number of carbonyl (C=O) groups excluding carboxylic acids is 2. The topological polar surface area (TPSA) is 69.9 Å². The molecule has 7 heteroatoms. The van der Waals surface area contributed by atoms with Gasteiger partial charge in [0.25, 0.3) is 5.91 Å². The van der Waals surface area contributed by atoms with E-state index in [-0.39, 0.29) is 19.1 Å². The highest BCUT2D eigenvalue weighted by Gasteiger charge is 2.13. The number of benzene rings is 2. The molecule has 0 radical (unpaired) electrons. The number of thiazole rings is 1. The Hall–Kier alpha value is -2.93. The van der Waals surface area contributed by atoms with E-state index in [1.165, 1.54) is 16.9 Å². The quantitative estimate of drug-likeness (QED) is 0.531. The van der Waals surface area contributed by atoms with Crippen molar-refractivity contribution in [1.29, 1.82) is 0 Å². The largest absolute Gasteiger partial charge is 0.484 e. The Kier molecular flexibility index (Phi) is 7.05. The van der Waals surface area contributed by atoms with Gasteiger partial charge >= 0.3 is 5.97 Å². The normalized spacial score (nSPS) is 11.8. The van der Waals surface area contributed by atoms with Crippen molar-refractivity contribution in [3.63, 3.8) is 0 Å². The predicted octanol–water partition coefficient (Wildman–Crippen LogP) is 4.20. The minimum Gasteiger partial charge on any atom is -0.484 e. The molecule has 0 bridgehead atoms. The second-order valence-corrected chi connectivity index (χ2v) is 8.27. The number of amides is 1. The Bertz CT molecular complexity index is 1110. The van der Waals surface area contributed by atoms with Crippen molar-refractivity contribution in [3.05, 3.63) is 58.4 Å². The molecule has 6 nitrogen and oxygen atoms in total. The summed E-state index contributed by atoms with van der Waals surface area (Å²) in [6.45, 7) is 8.13. The fraction of sp³-hybridized carbons (Fsp3) is 0.348. The second kappa shape index (κ2) is 9.71. The summed E-state index contributed by atoms with van der Waals surface area (Å²) in [5.41, 5.74) is 3.15. The van der Waals surface area contributed by atoms with Crippen LogP contribution in [0.15, 0.2) is 47.5 Å². The number of esters is 1. The first kappa shape index (κ1) is 21.8. The Labute approximate surface area is 179 Å². The molecule has 1 heterocycles. The van der Waals surface area contributed by atoms with Gasteiger partial charge in [-0.2, -0.15) is 4.99 Å². The minimum atomic E-state index is -0.413. The van der Waals surface area contributed by atoms with Gasteiger partial charge in [0.2, 0.25) is 0 Å². The minimum absolute atomic E-state index is 0.000531. The molecule has 0 saturated heterocycles. The number of rotatable bonds is 7. The molecule has 3 aromatic rings. The summed E-state index contributed by atoms with van der Waals surface area (Å²) in [7, 11) is 0. The van der Waals surface area contributed by atoms with Gasteiger partial charge in [-0.25, -0.2) is 0 Å². The van der Waals surface area contributed by atoms with Crippen LogP contribution in [-0.4, -0.2) is 29.7 Å². The van der Waals surface area contributed by atoms with Crippen LogP contribution in [0.5, 0.6) is 5.75 Å². The standard InChI is InChI=1S/C23H26N2O4S/c1-5-28-22(27)13-25-19-11-6-16(4)12-20(19)30-23(25)24-21(26)14-29-18-9-7-17(8-10-18)15(2)3/h6-12,15H,5,13-14H2,1-4H3. The molecule has 0 saturated carbocycles. The Morgan fingerprint density at radius 1 is 1.13 bits per heavy atom. The van der Waals surface area contributed by atoms with Gasteiger partial charge in [0.15, 0.2) is 11.4 Å². The van der Waals surface area contributed by atoms with Crippen LogP contribution in [0.3, 0.4) is 0 Å². The van der Waals surface area contributed by atoms with Crippen LogP contribution in [0.4, 0.5) is 0 Å². The van der Waals surface area contributed by atoms with Crippen molar-refractivity contribution in [1.82, 2.24) is 4.57 Å². The number of carbonyl (C=O) groups is 2. The first-order valence-electron chi connectivity index (χ1n) is 9.93. The zero-order valence-electron chi connectivity index (χ0n) is 17.7. The van der Waals surface area contributed by atoms with Crippen molar-refractivity contribution in [3.8, 4) is 5.75 Å². The summed E-state index contributed by atoms with van der Waals surface area (Å²) in [6, 6.07) is 13.6. The summed E-state index contributed by atoms with van der Waals surface area (Å²) in [5, 5.41) is 0. The SMILES string of the molecule is CCOC(=O)Cn1c(=NC(=O)COc2ccc(C(C)C)cc2)sc2cc(C)ccc21. The van der Waals surface area contributed by atoms with E-state index < -0.39 is 5.91 Å². The number of hydrogen-bond donors (Lipinski definition) is 0. The van der Waals surface area contributed by atoms with Gasteiger partial charge in [0.05, 0.1) is 16.8 Å². The molecule has 0 aliphatic carbocycles. The first-order valence-corrected chi connectivity index (χ1v) is 10.7. The van der Waals surface area contributed by atoms with Gasteiger partial charge in [-0.05, 0) is 55.2 Å². The van der Waals surface area contributed by atoms with E-state index >= 15 is 0 Å². The van der Waals surface area contributed by atoms with Gasteiger partial charge in [0, 0.05) is 0 Å². The monoisotopic (exact) mass is 426 g/mol. The number of aromatic nitrogens is 1. The second-order valence-electron chi connectivity index (χ2n) is 7.26. The highest BCUT2D eigenvalue weighted by atomic mass is 32.1. The third kappa shape index (κ3) is 5.36. The maximum Gasteiger partial charge on any atom is 0.326 e. The summed E-state index contributed by atoms with van der Waals surface area (Å²) in [4.78, 5) is 29.2. The van der Waals surface area contributed by atoms with Gasteiger partial charge in [-0.1, -0.05) is 43.4 Å². The number of aryl methyl sites for hydroxylation is 1. The molecular formula is C23H26N2O4S.